The van der Waals surface area contributed by atoms with E-state index in [0.717, 1.165) is 77.0 Å². The molecule has 19 heteroatoms. The van der Waals surface area contributed by atoms with Crippen LogP contribution < -0.4 is 5.32 Å². The summed E-state index contributed by atoms with van der Waals surface area (Å²) in [5.41, 5.74) is 0. The van der Waals surface area contributed by atoms with Gasteiger partial charge in [0, 0.05) is 6.42 Å². The van der Waals surface area contributed by atoms with Crippen LogP contribution in [0.3, 0.4) is 0 Å². The van der Waals surface area contributed by atoms with Crippen LogP contribution in [-0.4, -0.2) is 193 Å². The second-order valence-electron chi connectivity index (χ2n) is 20.0. The van der Waals surface area contributed by atoms with Gasteiger partial charge in [-0.1, -0.05) is 154 Å². The van der Waals surface area contributed by atoms with Gasteiger partial charge in [0.25, 0.3) is 0 Å². The maximum Gasteiger partial charge on any atom is 0.220 e. The molecule has 0 saturated carbocycles. The Balaban J connectivity index is 1.43. The van der Waals surface area contributed by atoms with E-state index in [1.807, 2.05) is 12.2 Å². The number of ether oxygens (including phenoxy) is 6. The lowest BCUT2D eigenvalue weighted by molar-refractivity contribution is -0.379. The number of nitrogens with one attached hydrogen (secondary N) is 1. The van der Waals surface area contributed by atoms with E-state index in [1.165, 1.54) is 6.08 Å². The van der Waals surface area contributed by atoms with E-state index in [0.29, 0.717) is 19.3 Å². The molecular formula is C62H97NO18. The lowest BCUT2D eigenvalue weighted by atomic mass is 9.96. The highest BCUT2D eigenvalue weighted by molar-refractivity contribution is 5.76. The zero-order chi connectivity index (χ0) is 59.0. The number of aliphatic hydroxyl groups excluding tert-OH is 11. The summed E-state index contributed by atoms with van der Waals surface area (Å²) in [7, 11) is 0. The molecule has 0 spiro atoms. The summed E-state index contributed by atoms with van der Waals surface area (Å²) in [5.74, 6) is -0.357. The van der Waals surface area contributed by atoms with Crippen LogP contribution in [0, 0.1) is 0 Å². The number of amides is 1. The molecule has 12 N–H and O–H groups in total. The number of hydrogen-bond acceptors (Lipinski definition) is 18. The average molecular weight is 1140 g/mol. The Kier molecular flexibility index (Phi) is 38.3. The molecule has 3 aliphatic rings. The summed E-state index contributed by atoms with van der Waals surface area (Å²) < 4.78 is 34.0. The first-order valence-corrected chi connectivity index (χ1v) is 28.9. The van der Waals surface area contributed by atoms with Crippen molar-refractivity contribution in [2.75, 3.05) is 26.4 Å². The predicted molar refractivity (Wildman–Crippen MR) is 309 cm³/mol. The fourth-order valence-electron chi connectivity index (χ4n) is 8.68. The van der Waals surface area contributed by atoms with Crippen LogP contribution in [0.25, 0.3) is 0 Å². The van der Waals surface area contributed by atoms with E-state index in [2.05, 4.69) is 129 Å². The van der Waals surface area contributed by atoms with Crippen molar-refractivity contribution in [2.24, 2.45) is 0 Å². The molecule has 17 atom stereocenters. The van der Waals surface area contributed by atoms with Crippen LogP contribution in [0.5, 0.6) is 0 Å². The molecule has 0 aromatic rings. The van der Waals surface area contributed by atoms with Crippen LogP contribution in [0.15, 0.2) is 134 Å². The fourth-order valence-corrected chi connectivity index (χ4v) is 8.68. The minimum Gasteiger partial charge on any atom is -0.394 e. The van der Waals surface area contributed by atoms with E-state index in [4.69, 9.17) is 28.4 Å². The minimum absolute atomic E-state index is 0.144. The van der Waals surface area contributed by atoms with Crippen LogP contribution in [0.1, 0.15) is 117 Å². The van der Waals surface area contributed by atoms with Gasteiger partial charge in [-0.05, 0) is 89.9 Å². The lowest BCUT2D eigenvalue weighted by Gasteiger charge is -2.48. The summed E-state index contributed by atoms with van der Waals surface area (Å²) in [6, 6.07) is -1.03. The Labute approximate surface area is 480 Å². The Morgan fingerprint density at radius 1 is 0.457 bits per heavy atom. The van der Waals surface area contributed by atoms with Crippen molar-refractivity contribution in [3.05, 3.63) is 134 Å². The van der Waals surface area contributed by atoms with E-state index in [9.17, 15) is 61.0 Å². The first-order chi connectivity index (χ1) is 39.3. The molecule has 3 heterocycles. The maximum atomic E-state index is 13.2. The van der Waals surface area contributed by atoms with E-state index in [-0.39, 0.29) is 12.3 Å². The summed E-state index contributed by atoms with van der Waals surface area (Å²) in [6.07, 6.45) is 32.2. The minimum atomic E-state index is -1.99. The van der Waals surface area contributed by atoms with Gasteiger partial charge in [-0.15, -0.1) is 0 Å². The summed E-state index contributed by atoms with van der Waals surface area (Å²) >= 11 is 0. The summed E-state index contributed by atoms with van der Waals surface area (Å²) in [5, 5.41) is 119. The van der Waals surface area contributed by atoms with E-state index in [1.54, 1.807) is 6.08 Å². The van der Waals surface area contributed by atoms with Crippen molar-refractivity contribution < 1.29 is 89.4 Å². The van der Waals surface area contributed by atoms with Gasteiger partial charge in [0.15, 0.2) is 18.9 Å². The standard InChI is InChI=1S/C62H97NO18/c1-3-5-7-9-11-12-13-14-15-16-17-18-19-20-21-22-23-24-25-26-27-28-29-30-31-32-34-36-38-40-50(68)63-45(46(67)39-37-35-33-10-8-6-4-2)44-76-60-56(74)53(71)58(48(42-65)78-60)81-62-57(75)54(72)59(49(43-66)79-62)80-61-55(73)52(70)51(69)47(41-64)77-61/h5,7-8,10-12,14-15,17-18,20-21,23-24,26-27,29-30,32,34,37,39,45-49,51-62,64-67,69-75H,3-4,6,9,13,16,19,22,25,28,31,33,35-36,38,40-44H2,1-2H3,(H,63,68)/b7-5-,10-8+,12-11-,15-14-,18-17-,21-20-,24-23-,27-26-,30-29-,34-32-,39-37+. The number of hydrogen-bond donors (Lipinski definition) is 12. The monoisotopic (exact) mass is 1140 g/mol. The van der Waals surface area contributed by atoms with Crippen molar-refractivity contribution in [1.29, 1.82) is 0 Å². The molecule has 458 valence electrons. The number of allylic oxidation sites excluding steroid dienone is 21. The molecule has 3 saturated heterocycles. The molecule has 3 aliphatic heterocycles. The van der Waals surface area contributed by atoms with Gasteiger partial charge in [0.1, 0.15) is 73.2 Å². The van der Waals surface area contributed by atoms with Gasteiger partial charge >= 0.3 is 0 Å². The first kappa shape index (κ1) is 71.2. The Morgan fingerprint density at radius 2 is 0.840 bits per heavy atom. The molecule has 81 heavy (non-hydrogen) atoms. The molecule has 0 aliphatic carbocycles. The SMILES string of the molecule is CC/C=C\C/C=C\C/C=C\C/C=C\C/C=C\C/C=C\C/C=C\C/C=C\C/C=C\CCCC(=O)NC(COC1OC(CO)C(OC2OC(CO)C(OC3OC(CO)C(O)C(O)C3O)C(O)C2O)C(O)C1O)C(O)/C=C/CC/C=C/CCC. The molecule has 0 radical (unpaired) electrons. The largest absolute Gasteiger partial charge is 0.394 e. The topological polar surface area (TPSA) is 307 Å². The van der Waals surface area contributed by atoms with Gasteiger partial charge in [-0.25, -0.2) is 0 Å². The lowest BCUT2D eigenvalue weighted by Crippen LogP contribution is -2.66. The van der Waals surface area contributed by atoms with Gasteiger partial charge in [-0.3, -0.25) is 4.79 Å². The zero-order valence-corrected chi connectivity index (χ0v) is 47.4. The number of unbranched alkanes of at least 4 members (excludes halogenated alkanes) is 3. The van der Waals surface area contributed by atoms with Crippen molar-refractivity contribution in [3.63, 3.8) is 0 Å². The Morgan fingerprint density at radius 3 is 1.30 bits per heavy atom. The molecule has 0 aromatic heterocycles. The van der Waals surface area contributed by atoms with Gasteiger partial charge in [0.05, 0.1) is 38.6 Å². The molecule has 3 rings (SSSR count). The van der Waals surface area contributed by atoms with Crippen LogP contribution in [0.4, 0.5) is 0 Å². The third-order valence-electron chi connectivity index (χ3n) is 13.4. The maximum absolute atomic E-state index is 13.2. The Bertz CT molecular complexity index is 1990. The van der Waals surface area contributed by atoms with Crippen LogP contribution in [-0.2, 0) is 33.2 Å². The van der Waals surface area contributed by atoms with Crippen LogP contribution in [0.2, 0.25) is 0 Å². The number of carbonyl (C=O) groups is 1. The average Bonchev–Trinajstić information content (AvgIpc) is 3.48. The second kappa shape index (κ2) is 43.6. The normalized spacial score (nSPS) is 30.8. The van der Waals surface area contributed by atoms with Crippen molar-refractivity contribution >= 4 is 5.91 Å². The molecular weight excluding hydrogens is 1050 g/mol. The van der Waals surface area contributed by atoms with Crippen molar-refractivity contribution in [1.82, 2.24) is 5.32 Å². The van der Waals surface area contributed by atoms with Gasteiger partial charge < -0.3 is 89.9 Å². The number of carbonyl (C=O) groups excluding carboxylic acids is 1. The summed E-state index contributed by atoms with van der Waals surface area (Å²) in [4.78, 5) is 13.2. The van der Waals surface area contributed by atoms with Gasteiger partial charge in [0.2, 0.25) is 5.91 Å². The highest BCUT2D eigenvalue weighted by Crippen LogP contribution is 2.33. The highest BCUT2D eigenvalue weighted by atomic mass is 16.8. The van der Waals surface area contributed by atoms with Crippen molar-refractivity contribution in [2.45, 2.75) is 221 Å². The number of rotatable bonds is 39. The van der Waals surface area contributed by atoms with Gasteiger partial charge in [-0.2, -0.15) is 0 Å². The first-order valence-electron chi connectivity index (χ1n) is 28.9. The molecule has 17 unspecified atom stereocenters. The smallest absolute Gasteiger partial charge is 0.220 e. The second-order valence-corrected chi connectivity index (χ2v) is 20.0. The third-order valence-corrected chi connectivity index (χ3v) is 13.4. The van der Waals surface area contributed by atoms with Crippen LogP contribution >= 0.6 is 0 Å². The third kappa shape index (κ3) is 27.5. The highest BCUT2D eigenvalue weighted by Gasteiger charge is 2.53. The summed E-state index contributed by atoms with van der Waals surface area (Å²) in [6.45, 7) is 1.36. The Hall–Kier alpha value is -4.07. The van der Waals surface area contributed by atoms with E-state index < -0.39 is 131 Å². The van der Waals surface area contributed by atoms with E-state index >= 15 is 0 Å². The fraction of sp³-hybridized carbons (Fsp3) is 0.629. The van der Waals surface area contributed by atoms with Crippen molar-refractivity contribution in [3.8, 4) is 0 Å². The molecule has 1 amide bonds. The molecule has 3 fully saturated rings. The molecule has 0 aromatic carbocycles. The zero-order valence-electron chi connectivity index (χ0n) is 47.4. The predicted octanol–water partition coefficient (Wildman–Crippen LogP) is 4.70. The molecule has 19 nitrogen and oxygen atoms in total. The number of aliphatic hydroxyl groups is 11. The quantitative estimate of drug-likeness (QED) is 0.0293. The molecule has 0 bridgehead atoms.